The van der Waals surface area contributed by atoms with E-state index in [1.54, 1.807) is 29.2 Å². The SMILES string of the molecule is COC(=O)C[C@]1(S)CC[C@H](C)N2C[C@H]1n1cc(C(=O)NCc3ccc(F)cc3F)c(=O)c(OCc3ccccc3)c1C2=O. The molecule has 0 aliphatic carbocycles. The summed E-state index contributed by atoms with van der Waals surface area (Å²) in [6.45, 7) is 1.69. The fourth-order valence-electron chi connectivity index (χ4n) is 5.64. The Labute approximate surface area is 252 Å². The Morgan fingerprint density at radius 3 is 2.58 bits per heavy atom. The Morgan fingerprint density at radius 2 is 1.88 bits per heavy atom. The fraction of sp³-hybridized carbons (Fsp3) is 0.355. The number of nitrogens with zero attached hydrogens (tertiary/aromatic N) is 2. The number of benzene rings is 2. The van der Waals surface area contributed by atoms with Crippen molar-refractivity contribution in [1.82, 2.24) is 14.8 Å². The average Bonchev–Trinajstić information content (AvgIpc) is 3.09. The van der Waals surface area contributed by atoms with Crippen molar-refractivity contribution in [3.05, 3.63) is 99.0 Å². The van der Waals surface area contributed by atoms with Gasteiger partial charge >= 0.3 is 5.97 Å². The van der Waals surface area contributed by atoms with E-state index in [1.807, 2.05) is 13.0 Å². The molecule has 5 rings (SSSR count). The van der Waals surface area contributed by atoms with Gasteiger partial charge in [0.2, 0.25) is 5.43 Å². The van der Waals surface area contributed by atoms with Crippen molar-refractivity contribution in [3.8, 4) is 5.75 Å². The van der Waals surface area contributed by atoms with Crippen molar-refractivity contribution in [1.29, 1.82) is 0 Å². The molecule has 0 saturated carbocycles. The van der Waals surface area contributed by atoms with Gasteiger partial charge in [-0.3, -0.25) is 19.2 Å². The molecule has 0 spiro atoms. The molecule has 1 saturated heterocycles. The molecule has 43 heavy (non-hydrogen) atoms. The Hall–Kier alpha value is -4.19. The summed E-state index contributed by atoms with van der Waals surface area (Å²) in [5.74, 6) is -3.71. The number of hydrogen-bond donors (Lipinski definition) is 2. The van der Waals surface area contributed by atoms with Crippen LogP contribution in [0, 0.1) is 11.6 Å². The molecule has 1 aromatic heterocycles. The minimum absolute atomic E-state index is 0.0180. The van der Waals surface area contributed by atoms with Crippen LogP contribution in [0.2, 0.25) is 0 Å². The normalized spacial score (nSPS) is 21.0. The lowest BCUT2D eigenvalue weighted by Gasteiger charge is -2.43. The van der Waals surface area contributed by atoms with Gasteiger partial charge < -0.3 is 24.3 Å². The highest BCUT2D eigenvalue weighted by molar-refractivity contribution is 7.81. The number of carbonyl (C=O) groups is 3. The zero-order chi connectivity index (χ0) is 30.9. The predicted octanol–water partition coefficient (Wildman–Crippen LogP) is 4.05. The number of fused-ring (bicyclic) bond motifs is 4. The molecule has 1 fully saturated rings. The number of esters is 1. The third kappa shape index (κ3) is 6.01. The first-order chi connectivity index (χ1) is 20.5. The average molecular weight is 612 g/mol. The zero-order valence-corrected chi connectivity index (χ0v) is 24.5. The number of methoxy groups -OCH3 is 1. The maximum Gasteiger partial charge on any atom is 0.306 e. The molecule has 12 heteroatoms. The highest BCUT2D eigenvalue weighted by atomic mass is 32.1. The molecule has 2 aliphatic rings. The van der Waals surface area contributed by atoms with Crippen molar-refractivity contribution in [2.24, 2.45) is 0 Å². The number of amides is 2. The number of thiol groups is 1. The number of nitrogens with one attached hydrogen (secondary N) is 1. The number of hydrogen-bond acceptors (Lipinski definition) is 7. The third-order valence-corrected chi connectivity index (χ3v) is 8.79. The Kier molecular flexibility index (Phi) is 8.59. The number of ether oxygens (including phenoxy) is 2. The molecule has 226 valence electrons. The standard InChI is InChI=1S/C31H31F2N3O6S/c1-18-10-11-31(43,13-25(37)41-2)24-16-35(18)30(40)26-28(42-17-19-6-4-3-5-7-19)27(38)22(15-36(24)26)29(39)34-14-20-8-9-21(32)12-23(20)33/h3-9,12,15,18,24,43H,10-11,13-14,16-17H2,1-2H3,(H,34,39)/t18-,24+,31+/m0/s1. The number of halogens is 2. The molecule has 2 aliphatic heterocycles. The Morgan fingerprint density at radius 1 is 1.14 bits per heavy atom. The van der Waals surface area contributed by atoms with Crippen LogP contribution in [-0.2, 0) is 22.7 Å². The van der Waals surface area contributed by atoms with E-state index in [2.05, 4.69) is 5.32 Å². The topological polar surface area (TPSA) is 107 Å². The highest BCUT2D eigenvalue weighted by Crippen LogP contribution is 2.45. The molecule has 2 amide bonds. The summed E-state index contributed by atoms with van der Waals surface area (Å²) in [6.07, 6.45) is 2.18. The second kappa shape index (κ2) is 12.2. The number of rotatable bonds is 8. The van der Waals surface area contributed by atoms with E-state index in [-0.39, 0.29) is 54.7 Å². The van der Waals surface area contributed by atoms with Crippen LogP contribution in [0.4, 0.5) is 8.78 Å². The van der Waals surface area contributed by atoms with Gasteiger partial charge in [0.25, 0.3) is 11.8 Å². The lowest BCUT2D eigenvalue weighted by molar-refractivity contribution is -0.141. The quantitative estimate of drug-likeness (QED) is 0.294. The molecule has 3 atom stereocenters. The smallest absolute Gasteiger partial charge is 0.306 e. The van der Waals surface area contributed by atoms with Crippen LogP contribution in [0.1, 0.15) is 64.2 Å². The first kappa shape index (κ1) is 30.3. The van der Waals surface area contributed by atoms with Crippen molar-refractivity contribution < 1.29 is 32.6 Å². The lowest BCUT2D eigenvalue weighted by atomic mass is 9.89. The molecule has 0 radical (unpaired) electrons. The van der Waals surface area contributed by atoms with E-state index in [1.165, 1.54) is 23.9 Å². The van der Waals surface area contributed by atoms with Gasteiger partial charge in [0, 0.05) is 41.7 Å². The van der Waals surface area contributed by atoms with Crippen LogP contribution in [0.3, 0.4) is 0 Å². The largest absolute Gasteiger partial charge is 0.483 e. The lowest BCUT2D eigenvalue weighted by Crippen LogP contribution is -2.51. The van der Waals surface area contributed by atoms with Crippen molar-refractivity contribution in [2.75, 3.05) is 13.7 Å². The number of carbonyl (C=O) groups excluding carboxylic acids is 3. The molecule has 0 unspecified atom stereocenters. The van der Waals surface area contributed by atoms with Gasteiger partial charge in [0.1, 0.15) is 23.8 Å². The molecular formula is C31H31F2N3O6S. The van der Waals surface area contributed by atoms with Gasteiger partial charge in [-0.25, -0.2) is 8.78 Å². The molecule has 1 N–H and O–H groups in total. The summed E-state index contributed by atoms with van der Waals surface area (Å²) < 4.78 is 39.1. The van der Waals surface area contributed by atoms with Crippen LogP contribution in [0.5, 0.6) is 5.75 Å². The van der Waals surface area contributed by atoms with Gasteiger partial charge in [-0.1, -0.05) is 36.4 Å². The van der Waals surface area contributed by atoms with E-state index in [4.69, 9.17) is 22.1 Å². The van der Waals surface area contributed by atoms with Gasteiger partial charge in [-0.05, 0) is 31.4 Å². The van der Waals surface area contributed by atoms with E-state index in [0.29, 0.717) is 18.9 Å². The van der Waals surface area contributed by atoms with E-state index in [9.17, 15) is 28.0 Å². The van der Waals surface area contributed by atoms with Gasteiger partial charge in [0.15, 0.2) is 11.4 Å². The fourth-order valence-corrected chi connectivity index (χ4v) is 6.10. The maximum absolute atomic E-state index is 14.2. The maximum atomic E-state index is 14.2. The minimum atomic E-state index is -0.998. The first-order valence-corrected chi connectivity index (χ1v) is 14.2. The summed E-state index contributed by atoms with van der Waals surface area (Å²) in [7, 11) is 1.28. The van der Waals surface area contributed by atoms with Crippen molar-refractivity contribution in [2.45, 2.75) is 56.2 Å². The van der Waals surface area contributed by atoms with Gasteiger partial charge in [-0.15, -0.1) is 0 Å². The summed E-state index contributed by atoms with van der Waals surface area (Å²) in [5, 5.41) is 2.51. The van der Waals surface area contributed by atoms with Crippen LogP contribution >= 0.6 is 12.6 Å². The Bertz CT molecular complexity index is 1630. The third-order valence-electron chi connectivity index (χ3n) is 8.11. The molecule has 3 heterocycles. The van der Waals surface area contributed by atoms with Gasteiger partial charge in [0.05, 0.1) is 19.6 Å². The summed E-state index contributed by atoms with van der Waals surface area (Å²) in [6, 6.07) is 11.1. The first-order valence-electron chi connectivity index (χ1n) is 13.8. The van der Waals surface area contributed by atoms with Crippen LogP contribution < -0.4 is 15.5 Å². The summed E-state index contributed by atoms with van der Waals surface area (Å²) >= 11 is 4.97. The van der Waals surface area contributed by atoms with Crippen LogP contribution in [-0.4, -0.2) is 51.7 Å². The second-order valence-corrected chi connectivity index (χ2v) is 11.8. The Balaban J connectivity index is 1.62. The molecule has 3 aromatic rings. The van der Waals surface area contributed by atoms with E-state index < -0.39 is 45.6 Å². The minimum Gasteiger partial charge on any atom is -0.483 e. The number of pyridine rings is 1. The van der Waals surface area contributed by atoms with Crippen molar-refractivity contribution in [3.63, 3.8) is 0 Å². The van der Waals surface area contributed by atoms with Crippen molar-refractivity contribution >= 4 is 30.4 Å². The van der Waals surface area contributed by atoms with Crippen LogP contribution in [0.25, 0.3) is 0 Å². The second-order valence-electron chi connectivity index (χ2n) is 10.9. The highest BCUT2D eigenvalue weighted by Gasteiger charge is 2.49. The number of aromatic nitrogens is 1. The molecular weight excluding hydrogens is 580 g/mol. The zero-order valence-electron chi connectivity index (χ0n) is 23.6. The van der Waals surface area contributed by atoms with Crippen LogP contribution in [0.15, 0.2) is 59.5 Å². The van der Waals surface area contributed by atoms with Gasteiger partial charge in [-0.2, -0.15) is 12.6 Å². The van der Waals surface area contributed by atoms with E-state index >= 15 is 0 Å². The summed E-state index contributed by atoms with van der Waals surface area (Å²) in [4.78, 5) is 55.3. The molecule has 2 aromatic carbocycles. The monoisotopic (exact) mass is 611 g/mol. The predicted molar refractivity (Wildman–Crippen MR) is 156 cm³/mol. The molecule has 2 bridgehead atoms. The van der Waals surface area contributed by atoms with E-state index in [0.717, 1.165) is 11.6 Å². The summed E-state index contributed by atoms with van der Waals surface area (Å²) in [5.41, 5.74) is -0.468. The molecule has 9 nitrogen and oxygen atoms in total.